The molecule has 1 aliphatic heterocycles. The zero-order chi connectivity index (χ0) is 14.4. The second-order valence-corrected chi connectivity index (χ2v) is 5.28. The van der Waals surface area contributed by atoms with Gasteiger partial charge in [0.15, 0.2) is 0 Å². The van der Waals surface area contributed by atoms with E-state index in [-0.39, 0.29) is 12.1 Å². The summed E-state index contributed by atoms with van der Waals surface area (Å²) in [6.45, 7) is 3.36. The molecular weight excluding hydrogens is 246 g/mol. The Balaban J connectivity index is 2.41. The number of hydrogen-bond donors (Lipinski definition) is 2. The lowest BCUT2D eigenvalue weighted by Crippen LogP contribution is -2.51. The normalized spacial score (nSPS) is 18.2. The Morgan fingerprint density at radius 1 is 1.37 bits per heavy atom. The van der Waals surface area contributed by atoms with E-state index < -0.39 is 12.0 Å². The smallest absolute Gasteiger partial charge is 0.320 e. The standard InChI is InChI=1S/C13H25N3O3/c1-4-5-11(12(17)18)14-10-6-8-16(9-7-10)13(19)15(2)3/h10-11,14H,4-9H2,1-3H3,(H,17,18). The van der Waals surface area contributed by atoms with Crippen LogP contribution < -0.4 is 5.32 Å². The van der Waals surface area contributed by atoms with Gasteiger partial charge in [0.1, 0.15) is 6.04 Å². The van der Waals surface area contributed by atoms with Crippen molar-refractivity contribution in [3.8, 4) is 0 Å². The number of amides is 2. The fourth-order valence-corrected chi connectivity index (χ4v) is 2.37. The van der Waals surface area contributed by atoms with E-state index in [9.17, 15) is 9.59 Å². The number of hydrogen-bond acceptors (Lipinski definition) is 3. The van der Waals surface area contributed by atoms with Crippen LogP contribution in [0.4, 0.5) is 4.79 Å². The predicted octanol–water partition coefficient (Wildman–Crippen LogP) is 0.975. The molecule has 1 rings (SSSR count). The summed E-state index contributed by atoms with van der Waals surface area (Å²) in [5.41, 5.74) is 0. The third kappa shape index (κ3) is 4.70. The summed E-state index contributed by atoms with van der Waals surface area (Å²) in [7, 11) is 3.49. The Morgan fingerprint density at radius 3 is 2.37 bits per heavy atom. The van der Waals surface area contributed by atoms with Crippen molar-refractivity contribution < 1.29 is 14.7 Å². The molecule has 19 heavy (non-hydrogen) atoms. The molecule has 2 N–H and O–H groups in total. The third-order valence-corrected chi connectivity index (χ3v) is 3.46. The minimum Gasteiger partial charge on any atom is -0.480 e. The summed E-state index contributed by atoms with van der Waals surface area (Å²) in [6.07, 6.45) is 3.12. The third-order valence-electron chi connectivity index (χ3n) is 3.46. The van der Waals surface area contributed by atoms with E-state index in [1.54, 1.807) is 19.0 Å². The molecular formula is C13H25N3O3. The lowest BCUT2D eigenvalue weighted by molar-refractivity contribution is -0.140. The summed E-state index contributed by atoms with van der Waals surface area (Å²) in [4.78, 5) is 26.3. The molecule has 0 aromatic heterocycles. The highest BCUT2D eigenvalue weighted by atomic mass is 16.4. The summed E-state index contributed by atoms with van der Waals surface area (Å²) in [5, 5.41) is 12.3. The first-order chi connectivity index (χ1) is 8.95. The fourth-order valence-electron chi connectivity index (χ4n) is 2.37. The highest BCUT2D eigenvalue weighted by Crippen LogP contribution is 2.13. The largest absolute Gasteiger partial charge is 0.480 e. The van der Waals surface area contributed by atoms with Gasteiger partial charge in [0, 0.05) is 33.2 Å². The number of carbonyl (C=O) groups excluding carboxylic acids is 1. The topological polar surface area (TPSA) is 72.9 Å². The van der Waals surface area contributed by atoms with Crippen molar-refractivity contribution >= 4 is 12.0 Å². The number of carboxylic acids is 1. The zero-order valence-electron chi connectivity index (χ0n) is 12.1. The number of rotatable bonds is 5. The van der Waals surface area contributed by atoms with Gasteiger partial charge < -0.3 is 20.2 Å². The molecule has 0 aromatic rings. The number of carbonyl (C=O) groups is 2. The molecule has 1 atom stereocenters. The van der Waals surface area contributed by atoms with E-state index in [1.807, 2.05) is 11.8 Å². The minimum atomic E-state index is -0.784. The molecule has 0 aliphatic carbocycles. The number of carboxylic acid groups (broad SMARTS) is 1. The summed E-state index contributed by atoms with van der Waals surface area (Å²) < 4.78 is 0. The van der Waals surface area contributed by atoms with Crippen LogP contribution in [-0.2, 0) is 4.79 Å². The first-order valence-corrected chi connectivity index (χ1v) is 6.90. The molecule has 110 valence electrons. The monoisotopic (exact) mass is 271 g/mol. The van der Waals surface area contributed by atoms with Gasteiger partial charge in [0.2, 0.25) is 0 Å². The van der Waals surface area contributed by atoms with Crippen LogP contribution in [0, 0.1) is 0 Å². The van der Waals surface area contributed by atoms with Crippen LogP contribution in [0.25, 0.3) is 0 Å². The Kier molecular flexibility index (Phi) is 6.08. The van der Waals surface area contributed by atoms with Crippen molar-refractivity contribution in [3.63, 3.8) is 0 Å². The van der Waals surface area contributed by atoms with Gasteiger partial charge in [-0.05, 0) is 19.3 Å². The van der Waals surface area contributed by atoms with Gasteiger partial charge in [-0.2, -0.15) is 0 Å². The number of nitrogens with one attached hydrogen (secondary N) is 1. The number of aliphatic carboxylic acids is 1. The van der Waals surface area contributed by atoms with Crippen molar-refractivity contribution in [2.24, 2.45) is 0 Å². The minimum absolute atomic E-state index is 0.0294. The molecule has 0 bridgehead atoms. The van der Waals surface area contributed by atoms with Crippen LogP contribution in [0.1, 0.15) is 32.6 Å². The molecule has 6 nitrogen and oxygen atoms in total. The van der Waals surface area contributed by atoms with Crippen LogP contribution >= 0.6 is 0 Å². The molecule has 6 heteroatoms. The summed E-state index contributed by atoms with van der Waals surface area (Å²) in [6, 6.07) is -0.244. The highest BCUT2D eigenvalue weighted by Gasteiger charge is 2.26. The highest BCUT2D eigenvalue weighted by molar-refractivity contribution is 5.74. The molecule has 0 radical (unpaired) electrons. The van der Waals surface area contributed by atoms with Crippen molar-refractivity contribution in [2.75, 3.05) is 27.2 Å². The van der Waals surface area contributed by atoms with Crippen molar-refractivity contribution in [1.82, 2.24) is 15.1 Å². The maximum Gasteiger partial charge on any atom is 0.320 e. The fraction of sp³-hybridized carbons (Fsp3) is 0.846. The number of nitrogens with zero attached hydrogens (tertiary/aromatic N) is 2. The second kappa shape index (κ2) is 7.33. The van der Waals surface area contributed by atoms with E-state index in [4.69, 9.17) is 5.11 Å². The Labute approximate surface area is 114 Å². The van der Waals surface area contributed by atoms with Crippen LogP contribution in [0.15, 0.2) is 0 Å². The molecule has 1 aliphatic rings. The van der Waals surface area contributed by atoms with Crippen LogP contribution in [0.5, 0.6) is 0 Å². The Bertz CT molecular complexity index is 312. The summed E-state index contributed by atoms with van der Waals surface area (Å²) in [5.74, 6) is -0.784. The predicted molar refractivity (Wildman–Crippen MR) is 73.1 cm³/mol. The van der Waals surface area contributed by atoms with Gasteiger partial charge in [-0.25, -0.2) is 4.79 Å². The maximum atomic E-state index is 11.8. The van der Waals surface area contributed by atoms with Crippen molar-refractivity contribution in [3.05, 3.63) is 0 Å². The molecule has 0 spiro atoms. The zero-order valence-corrected chi connectivity index (χ0v) is 12.1. The van der Waals surface area contributed by atoms with E-state index in [1.165, 1.54) is 0 Å². The average molecular weight is 271 g/mol. The van der Waals surface area contributed by atoms with Crippen LogP contribution in [-0.4, -0.2) is 66.2 Å². The first kappa shape index (κ1) is 15.8. The van der Waals surface area contributed by atoms with Crippen LogP contribution in [0.3, 0.4) is 0 Å². The molecule has 1 saturated heterocycles. The van der Waals surface area contributed by atoms with Gasteiger partial charge in [-0.15, -0.1) is 0 Å². The van der Waals surface area contributed by atoms with Crippen LogP contribution in [0.2, 0.25) is 0 Å². The quantitative estimate of drug-likeness (QED) is 0.781. The second-order valence-electron chi connectivity index (χ2n) is 5.28. The number of piperidine rings is 1. The lowest BCUT2D eigenvalue weighted by atomic mass is 10.0. The van der Waals surface area contributed by atoms with Crippen molar-refractivity contribution in [1.29, 1.82) is 0 Å². The van der Waals surface area contributed by atoms with Gasteiger partial charge in [-0.1, -0.05) is 13.3 Å². The maximum absolute atomic E-state index is 11.8. The molecule has 0 aromatic carbocycles. The van der Waals surface area contributed by atoms with E-state index >= 15 is 0 Å². The molecule has 1 fully saturated rings. The van der Waals surface area contributed by atoms with E-state index in [0.29, 0.717) is 19.5 Å². The van der Waals surface area contributed by atoms with E-state index in [0.717, 1.165) is 19.3 Å². The Morgan fingerprint density at radius 2 is 1.95 bits per heavy atom. The van der Waals surface area contributed by atoms with Crippen molar-refractivity contribution in [2.45, 2.75) is 44.7 Å². The average Bonchev–Trinajstić information content (AvgIpc) is 2.38. The number of urea groups is 1. The van der Waals surface area contributed by atoms with E-state index in [2.05, 4.69) is 5.32 Å². The van der Waals surface area contributed by atoms with Gasteiger partial charge in [0.25, 0.3) is 0 Å². The van der Waals surface area contributed by atoms with Gasteiger partial charge >= 0.3 is 12.0 Å². The molecule has 0 saturated carbocycles. The summed E-state index contributed by atoms with van der Waals surface area (Å²) >= 11 is 0. The van der Waals surface area contributed by atoms with Gasteiger partial charge in [-0.3, -0.25) is 4.79 Å². The molecule has 1 heterocycles. The number of likely N-dealkylation sites (tertiary alicyclic amines) is 1. The lowest BCUT2D eigenvalue weighted by Gasteiger charge is -2.35. The first-order valence-electron chi connectivity index (χ1n) is 6.90. The Hall–Kier alpha value is -1.30. The van der Waals surface area contributed by atoms with Gasteiger partial charge in [0.05, 0.1) is 0 Å². The molecule has 2 amide bonds. The SMILES string of the molecule is CCCC(NC1CCN(C(=O)N(C)C)CC1)C(=O)O. The molecule has 1 unspecified atom stereocenters.